The van der Waals surface area contributed by atoms with Gasteiger partial charge in [0.1, 0.15) is 0 Å². The Bertz CT molecular complexity index is 540. The molecule has 1 amide bonds. The molecule has 1 aromatic carbocycles. The zero-order valence-corrected chi connectivity index (χ0v) is 11.8. The molecule has 0 aliphatic heterocycles. The first-order valence-electron chi connectivity index (χ1n) is 4.85. The van der Waals surface area contributed by atoms with Gasteiger partial charge < -0.3 is 5.32 Å². The van der Waals surface area contributed by atoms with Crippen LogP contribution in [-0.4, -0.2) is 14.3 Å². The number of hydrogen-bond acceptors (Lipinski definition) is 3. The maximum Gasteiger partial charge on any atom is 0.239 e. The van der Waals surface area contributed by atoms with E-state index in [9.17, 15) is 13.2 Å². The number of anilines is 1. The molecule has 0 fully saturated rings. The van der Waals surface area contributed by atoms with Crippen molar-refractivity contribution in [3.05, 3.63) is 22.7 Å². The fourth-order valence-electron chi connectivity index (χ4n) is 1.10. The Hall–Kier alpha value is -0.920. The minimum atomic E-state index is -3.75. The van der Waals surface area contributed by atoms with E-state index in [1.54, 1.807) is 13.8 Å². The molecule has 17 heavy (non-hydrogen) atoms. The van der Waals surface area contributed by atoms with E-state index in [1.165, 1.54) is 18.2 Å². The molecule has 0 spiro atoms. The molecule has 5 nitrogen and oxygen atoms in total. The van der Waals surface area contributed by atoms with Crippen LogP contribution in [0.1, 0.15) is 13.8 Å². The number of sulfonamides is 1. The summed E-state index contributed by atoms with van der Waals surface area (Å²) in [4.78, 5) is 11.4. The number of carbonyl (C=O) groups is 1. The zero-order valence-electron chi connectivity index (χ0n) is 9.40. The fraction of sp³-hybridized carbons (Fsp3) is 0.300. The summed E-state index contributed by atoms with van der Waals surface area (Å²) in [7, 11) is -3.75. The Labute approximate surface area is 109 Å². The molecule has 1 aromatic rings. The summed E-state index contributed by atoms with van der Waals surface area (Å²) in [5, 5.41) is 7.67. The molecule has 94 valence electrons. The molecule has 7 heteroatoms. The molecule has 3 N–H and O–H groups in total. The highest BCUT2D eigenvalue weighted by Gasteiger charge is 2.14. The van der Waals surface area contributed by atoms with E-state index in [1.807, 2.05) is 0 Å². The minimum absolute atomic E-state index is 0.0138. The van der Waals surface area contributed by atoms with Crippen LogP contribution in [0.3, 0.4) is 0 Å². The monoisotopic (exact) mass is 320 g/mol. The van der Waals surface area contributed by atoms with E-state index in [4.69, 9.17) is 5.14 Å². The third-order valence-electron chi connectivity index (χ3n) is 2.03. The van der Waals surface area contributed by atoms with Gasteiger partial charge in [-0.25, -0.2) is 13.6 Å². The predicted octanol–water partition coefficient (Wildman–Crippen LogP) is 1.69. The molecule has 0 atom stereocenters. The summed E-state index contributed by atoms with van der Waals surface area (Å²) in [6.45, 7) is 3.53. The first kappa shape index (κ1) is 14.1. The van der Waals surface area contributed by atoms with E-state index >= 15 is 0 Å². The smallest absolute Gasteiger partial charge is 0.239 e. The Morgan fingerprint density at radius 1 is 1.41 bits per heavy atom. The van der Waals surface area contributed by atoms with Crippen LogP contribution in [0.15, 0.2) is 27.6 Å². The molecule has 0 aliphatic rings. The predicted molar refractivity (Wildman–Crippen MR) is 69.0 cm³/mol. The first-order chi connectivity index (χ1) is 7.71. The summed E-state index contributed by atoms with van der Waals surface area (Å²) in [5.41, 5.74) is 0.517. The number of rotatable bonds is 3. The van der Waals surface area contributed by atoms with Gasteiger partial charge in [0.15, 0.2) is 0 Å². The number of hydrogen-bond donors (Lipinski definition) is 2. The van der Waals surface area contributed by atoms with Crippen molar-refractivity contribution in [1.82, 2.24) is 0 Å². The Morgan fingerprint density at radius 2 is 2.00 bits per heavy atom. The third kappa shape index (κ3) is 3.79. The highest BCUT2D eigenvalue weighted by molar-refractivity contribution is 9.10. The van der Waals surface area contributed by atoms with E-state index < -0.39 is 10.0 Å². The number of amides is 1. The lowest BCUT2D eigenvalue weighted by Crippen LogP contribution is -2.18. The lowest BCUT2D eigenvalue weighted by atomic mass is 10.2. The van der Waals surface area contributed by atoms with Gasteiger partial charge in [-0.15, -0.1) is 0 Å². The van der Waals surface area contributed by atoms with E-state index in [2.05, 4.69) is 21.2 Å². The molecule has 0 saturated heterocycles. The summed E-state index contributed by atoms with van der Waals surface area (Å²) in [6, 6.07) is 4.33. The SMILES string of the molecule is CC(C)C(=O)Nc1ccc(S(N)(=O)=O)c(Br)c1. The van der Waals surface area contributed by atoms with Crippen LogP contribution in [0.2, 0.25) is 0 Å². The number of nitrogens with two attached hydrogens (primary N) is 1. The van der Waals surface area contributed by atoms with Crippen molar-refractivity contribution in [3.8, 4) is 0 Å². The van der Waals surface area contributed by atoms with E-state index in [-0.39, 0.29) is 16.7 Å². The van der Waals surface area contributed by atoms with Crippen LogP contribution in [-0.2, 0) is 14.8 Å². The third-order valence-corrected chi connectivity index (χ3v) is 3.92. The lowest BCUT2D eigenvalue weighted by molar-refractivity contribution is -0.118. The molecule has 0 radical (unpaired) electrons. The minimum Gasteiger partial charge on any atom is -0.326 e. The summed E-state index contributed by atoms with van der Waals surface area (Å²) < 4.78 is 22.6. The van der Waals surface area contributed by atoms with Gasteiger partial charge in [0, 0.05) is 16.1 Å². The quantitative estimate of drug-likeness (QED) is 0.888. The summed E-state index contributed by atoms with van der Waals surface area (Å²) in [6.07, 6.45) is 0. The summed E-state index contributed by atoms with van der Waals surface area (Å²) in [5.74, 6) is -0.285. The molecular formula is C10H13BrN2O3S. The molecule has 1 rings (SSSR count). The average molecular weight is 321 g/mol. The fourth-order valence-corrected chi connectivity index (χ4v) is 2.74. The van der Waals surface area contributed by atoms with Gasteiger partial charge in [-0.1, -0.05) is 13.8 Å². The Kier molecular flexibility index (Phi) is 4.29. The summed E-state index contributed by atoms with van der Waals surface area (Å²) >= 11 is 3.10. The number of primary sulfonamides is 1. The second-order valence-corrected chi connectivity index (χ2v) is 6.22. The lowest BCUT2D eigenvalue weighted by Gasteiger charge is -2.09. The molecule has 0 unspecified atom stereocenters. The molecule has 0 aromatic heterocycles. The second kappa shape index (κ2) is 5.16. The van der Waals surface area contributed by atoms with Crippen LogP contribution >= 0.6 is 15.9 Å². The molecule has 0 heterocycles. The maximum absolute atomic E-state index is 11.4. The standard InChI is InChI=1S/C10H13BrN2O3S/c1-6(2)10(14)13-7-3-4-9(8(11)5-7)17(12,15)16/h3-6H,1-2H3,(H,13,14)(H2,12,15,16). The van der Waals surface area contributed by atoms with Gasteiger partial charge in [0.05, 0.1) is 4.90 Å². The van der Waals surface area contributed by atoms with Crippen molar-refractivity contribution < 1.29 is 13.2 Å². The van der Waals surface area contributed by atoms with Crippen molar-refractivity contribution in [1.29, 1.82) is 0 Å². The Balaban J connectivity index is 3.02. The Morgan fingerprint density at radius 3 is 2.41 bits per heavy atom. The van der Waals surface area contributed by atoms with Gasteiger partial charge in [0.25, 0.3) is 0 Å². The van der Waals surface area contributed by atoms with Crippen LogP contribution < -0.4 is 10.5 Å². The second-order valence-electron chi connectivity index (χ2n) is 3.83. The largest absolute Gasteiger partial charge is 0.326 e. The van der Waals surface area contributed by atoms with Crippen molar-refractivity contribution >= 4 is 37.5 Å². The molecule has 0 bridgehead atoms. The molecule has 0 saturated carbocycles. The highest BCUT2D eigenvalue weighted by atomic mass is 79.9. The zero-order chi connectivity index (χ0) is 13.2. The number of nitrogens with one attached hydrogen (secondary N) is 1. The van der Waals surface area contributed by atoms with Crippen LogP contribution in [0.5, 0.6) is 0 Å². The molecule has 0 aliphatic carbocycles. The van der Waals surface area contributed by atoms with Gasteiger partial charge >= 0.3 is 0 Å². The number of carbonyl (C=O) groups excluding carboxylic acids is 1. The van der Waals surface area contributed by atoms with Gasteiger partial charge in [-0.05, 0) is 34.1 Å². The van der Waals surface area contributed by atoms with Gasteiger partial charge in [0.2, 0.25) is 15.9 Å². The number of halogens is 1. The number of benzene rings is 1. The van der Waals surface area contributed by atoms with Crippen LogP contribution in [0, 0.1) is 5.92 Å². The van der Waals surface area contributed by atoms with Gasteiger partial charge in [-0.3, -0.25) is 4.79 Å². The van der Waals surface area contributed by atoms with Gasteiger partial charge in [-0.2, -0.15) is 0 Å². The highest BCUT2D eigenvalue weighted by Crippen LogP contribution is 2.24. The van der Waals surface area contributed by atoms with Crippen molar-refractivity contribution in [2.45, 2.75) is 18.7 Å². The average Bonchev–Trinajstić information content (AvgIpc) is 2.15. The van der Waals surface area contributed by atoms with Crippen molar-refractivity contribution in [3.63, 3.8) is 0 Å². The van der Waals surface area contributed by atoms with E-state index in [0.717, 1.165) is 0 Å². The van der Waals surface area contributed by atoms with E-state index in [0.29, 0.717) is 10.2 Å². The maximum atomic E-state index is 11.4. The normalized spacial score (nSPS) is 11.6. The van der Waals surface area contributed by atoms with Crippen LogP contribution in [0.25, 0.3) is 0 Å². The topological polar surface area (TPSA) is 89.3 Å². The van der Waals surface area contributed by atoms with Crippen molar-refractivity contribution in [2.75, 3.05) is 5.32 Å². The van der Waals surface area contributed by atoms with Crippen molar-refractivity contribution in [2.24, 2.45) is 11.1 Å². The van der Waals surface area contributed by atoms with Crippen LogP contribution in [0.4, 0.5) is 5.69 Å². The molecular weight excluding hydrogens is 308 g/mol. The first-order valence-corrected chi connectivity index (χ1v) is 7.19.